The summed E-state index contributed by atoms with van der Waals surface area (Å²) in [6, 6.07) is 14.2. The number of aromatic nitrogens is 4. The molecule has 0 radical (unpaired) electrons. The second-order valence-electron chi connectivity index (χ2n) is 6.34. The molecule has 6 nitrogen and oxygen atoms in total. The van der Waals surface area contributed by atoms with Crippen molar-refractivity contribution in [1.29, 1.82) is 0 Å². The molecule has 0 spiro atoms. The van der Waals surface area contributed by atoms with Gasteiger partial charge in [0.25, 0.3) is 0 Å². The van der Waals surface area contributed by atoms with E-state index >= 15 is 0 Å². The predicted octanol–water partition coefficient (Wildman–Crippen LogP) is 4.12. The van der Waals surface area contributed by atoms with Gasteiger partial charge in [0, 0.05) is 17.6 Å². The molecule has 0 aliphatic heterocycles. The number of hydrogen-bond acceptors (Lipinski definition) is 5. The SMILES string of the molecule is NC(COc1ccc(C(F)(F)F)c(-c2n[nH]c3ncccc23)n1)c1ccccc1. The molecule has 0 bridgehead atoms. The Morgan fingerprint density at radius 2 is 1.79 bits per heavy atom. The van der Waals surface area contributed by atoms with Crippen LogP contribution in [0.25, 0.3) is 22.4 Å². The van der Waals surface area contributed by atoms with Crippen molar-refractivity contribution in [3.63, 3.8) is 0 Å². The first-order valence-electron chi connectivity index (χ1n) is 8.74. The largest absolute Gasteiger partial charge is 0.476 e. The standard InChI is InChI=1S/C20H16F3N5O/c21-20(22,23)14-8-9-16(29-11-15(24)12-5-2-1-3-6-12)26-18(14)17-13-7-4-10-25-19(13)28-27-17/h1-10,15H,11,24H2,(H,25,27,28). The zero-order valence-corrected chi connectivity index (χ0v) is 15.0. The summed E-state index contributed by atoms with van der Waals surface area (Å²) >= 11 is 0. The molecule has 1 unspecified atom stereocenters. The van der Waals surface area contributed by atoms with Gasteiger partial charge in [0.15, 0.2) is 5.65 Å². The molecule has 4 aromatic rings. The molecule has 3 N–H and O–H groups in total. The van der Waals surface area contributed by atoms with Gasteiger partial charge in [0.1, 0.15) is 18.0 Å². The van der Waals surface area contributed by atoms with E-state index < -0.39 is 17.8 Å². The Hall–Kier alpha value is -3.46. The number of hydrogen-bond donors (Lipinski definition) is 2. The third kappa shape index (κ3) is 3.90. The van der Waals surface area contributed by atoms with Crippen LogP contribution in [0.4, 0.5) is 13.2 Å². The Morgan fingerprint density at radius 3 is 2.55 bits per heavy atom. The van der Waals surface area contributed by atoms with E-state index in [0.717, 1.165) is 11.6 Å². The van der Waals surface area contributed by atoms with E-state index in [2.05, 4.69) is 20.2 Å². The minimum atomic E-state index is -4.60. The van der Waals surface area contributed by atoms with E-state index in [9.17, 15) is 13.2 Å². The van der Waals surface area contributed by atoms with E-state index in [1.54, 1.807) is 12.1 Å². The first-order chi connectivity index (χ1) is 13.9. The van der Waals surface area contributed by atoms with Crippen LogP contribution in [0.15, 0.2) is 60.8 Å². The number of halogens is 3. The molecule has 0 aliphatic rings. The molecular formula is C20H16F3N5O. The van der Waals surface area contributed by atoms with Crippen molar-refractivity contribution in [3.8, 4) is 17.3 Å². The predicted molar refractivity (Wildman–Crippen MR) is 101 cm³/mol. The van der Waals surface area contributed by atoms with Crippen LogP contribution in [0.5, 0.6) is 5.88 Å². The van der Waals surface area contributed by atoms with Crippen molar-refractivity contribution < 1.29 is 17.9 Å². The molecule has 1 aromatic carbocycles. The van der Waals surface area contributed by atoms with Crippen molar-refractivity contribution in [2.45, 2.75) is 12.2 Å². The first-order valence-corrected chi connectivity index (χ1v) is 8.74. The van der Waals surface area contributed by atoms with E-state index in [1.807, 2.05) is 30.3 Å². The average Bonchev–Trinajstić information content (AvgIpc) is 3.16. The molecule has 0 amide bonds. The minimum Gasteiger partial charge on any atom is -0.476 e. The van der Waals surface area contributed by atoms with E-state index in [-0.39, 0.29) is 23.9 Å². The number of nitrogens with one attached hydrogen (secondary N) is 1. The monoisotopic (exact) mass is 399 g/mol. The van der Waals surface area contributed by atoms with E-state index in [0.29, 0.717) is 11.0 Å². The Bertz CT molecular complexity index is 1130. The number of ether oxygens (including phenoxy) is 1. The zero-order chi connectivity index (χ0) is 20.4. The Morgan fingerprint density at radius 1 is 1.00 bits per heavy atom. The van der Waals surface area contributed by atoms with Crippen LogP contribution in [0.2, 0.25) is 0 Å². The highest BCUT2D eigenvalue weighted by atomic mass is 19.4. The van der Waals surface area contributed by atoms with Gasteiger partial charge in [-0.3, -0.25) is 5.10 Å². The topological polar surface area (TPSA) is 89.7 Å². The third-order valence-corrected chi connectivity index (χ3v) is 4.37. The first kappa shape index (κ1) is 18.9. The van der Waals surface area contributed by atoms with Crippen LogP contribution < -0.4 is 10.5 Å². The van der Waals surface area contributed by atoms with Crippen molar-refractivity contribution in [3.05, 3.63) is 71.9 Å². The maximum absolute atomic E-state index is 13.6. The molecule has 1 atom stereocenters. The molecule has 0 saturated heterocycles. The molecular weight excluding hydrogens is 383 g/mol. The number of alkyl halides is 3. The molecule has 3 aromatic heterocycles. The molecule has 3 heterocycles. The molecule has 0 fully saturated rings. The summed E-state index contributed by atoms with van der Waals surface area (Å²) in [5, 5.41) is 7.05. The van der Waals surface area contributed by atoms with Crippen LogP contribution in [0.1, 0.15) is 17.2 Å². The fraction of sp³-hybridized carbons (Fsp3) is 0.150. The fourth-order valence-electron chi connectivity index (χ4n) is 2.94. The van der Waals surface area contributed by atoms with Gasteiger partial charge < -0.3 is 10.5 Å². The second kappa shape index (κ2) is 7.51. The second-order valence-corrected chi connectivity index (χ2v) is 6.34. The Labute approximate surface area is 163 Å². The van der Waals surface area contributed by atoms with Crippen LogP contribution in [-0.2, 0) is 6.18 Å². The van der Waals surface area contributed by atoms with Crippen LogP contribution in [0, 0.1) is 0 Å². The molecule has 148 valence electrons. The third-order valence-electron chi connectivity index (χ3n) is 4.37. The summed E-state index contributed by atoms with van der Waals surface area (Å²) < 4.78 is 46.2. The molecule has 29 heavy (non-hydrogen) atoms. The lowest BCUT2D eigenvalue weighted by Gasteiger charge is -2.15. The number of pyridine rings is 2. The highest BCUT2D eigenvalue weighted by molar-refractivity contribution is 5.90. The van der Waals surface area contributed by atoms with Crippen molar-refractivity contribution in [2.75, 3.05) is 6.61 Å². The van der Waals surface area contributed by atoms with Gasteiger partial charge in [-0.1, -0.05) is 30.3 Å². The zero-order valence-electron chi connectivity index (χ0n) is 15.0. The quantitative estimate of drug-likeness (QED) is 0.527. The van der Waals surface area contributed by atoms with Gasteiger partial charge in [-0.15, -0.1) is 0 Å². The molecule has 4 rings (SSSR count). The number of benzene rings is 1. The Balaban J connectivity index is 1.68. The number of nitrogens with zero attached hydrogens (tertiary/aromatic N) is 3. The average molecular weight is 399 g/mol. The van der Waals surface area contributed by atoms with E-state index in [4.69, 9.17) is 10.5 Å². The van der Waals surface area contributed by atoms with Crippen molar-refractivity contribution in [2.24, 2.45) is 5.73 Å². The normalized spacial score (nSPS) is 12.8. The smallest absolute Gasteiger partial charge is 0.418 e. The summed E-state index contributed by atoms with van der Waals surface area (Å²) in [5.41, 5.74) is 6.13. The van der Waals surface area contributed by atoms with Crippen LogP contribution in [-0.4, -0.2) is 26.8 Å². The highest BCUT2D eigenvalue weighted by Crippen LogP contribution is 2.38. The van der Waals surface area contributed by atoms with Crippen LogP contribution in [0.3, 0.4) is 0 Å². The van der Waals surface area contributed by atoms with Gasteiger partial charge in [-0.25, -0.2) is 9.97 Å². The maximum atomic E-state index is 13.6. The summed E-state index contributed by atoms with van der Waals surface area (Å²) in [6.07, 6.45) is -3.08. The number of fused-ring (bicyclic) bond motifs is 1. The maximum Gasteiger partial charge on any atom is 0.418 e. The number of aromatic amines is 1. The number of H-pyrrole nitrogens is 1. The van der Waals surface area contributed by atoms with Gasteiger partial charge in [-0.05, 0) is 23.8 Å². The summed E-state index contributed by atoms with van der Waals surface area (Å²) in [6.45, 7) is 0.0602. The lowest BCUT2D eigenvalue weighted by Crippen LogP contribution is -2.19. The number of nitrogens with two attached hydrogens (primary N) is 1. The van der Waals surface area contributed by atoms with Gasteiger partial charge in [0.05, 0.1) is 11.6 Å². The summed E-state index contributed by atoms with van der Waals surface area (Å²) in [5.74, 6) is 0.0272. The van der Waals surface area contributed by atoms with Gasteiger partial charge in [-0.2, -0.15) is 18.3 Å². The van der Waals surface area contributed by atoms with Crippen molar-refractivity contribution >= 4 is 11.0 Å². The molecule has 0 saturated carbocycles. The summed E-state index contributed by atoms with van der Waals surface area (Å²) in [7, 11) is 0. The lowest BCUT2D eigenvalue weighted by molar-refractivity contribution is -0.137. The molecule has 0 aliphatic carbocycles. The fourth-order valence-corrected chi connectivity index (χ4v) is 2.94. The van der Waals surface area contributed by atoms with Gasteiger partial charge in [0.2, 0.25) is 5.88 Å². The van der Waals surface area contributed by atoms with Gasteiger partial charge >= 0.3 is 6.18 Å². The van der Waals surface area contributed by atoms with E-state index in [1.165, 1.54) is 12.3 Å². The van der Waals surface area contributed by atoms with Crippen LogP contribution >= 0.6 is 0 Å². The van der Waals surface area contributed by atoms with Crippen molar-refractivity contribution in [1.82, 2.24) is 20.2 Å². The molecule has 9 heteroatoms. The Kier molecular flexibility index (Phi) is 4.89. The minimum absolute atomic E-state index is 0.0272. The summed E-state index contributed by atoms with van der Waals surface area (Å²) in [4.78, 5) is 8.15. The lowest BCUT2D eigenvalue weighted by atomic mass is 10.1. The number of rotatable bonds is 5. The highest BCUT2D eigenvalue weighted by Gasteiger charge is 2.36.